The van der Waals surface area contributed by atoms with Gasteiger partial charge in [-0.15, -0.1) is 11.8 Å². The van der Waals surface area contributed by atoms with Crippen molar-refractivity contribution in [2.24, 2.45) is 0 Å². The predicted octanol–water partition coefficient (Wildman–Crippen LogP) is 2.33. The molecule has 0 bridgehead atoms. The summed E-state index contributed by atoms with van der Waals surface area (Å²) in [5.41, 5.74) is 2.25. The van der Waals surface area contributed by atoms with Crippen molar-refractivity contribution in [3.05, 3.63) is 47.9 Å². The third-order valence-electron chi connectivity index (χ3n) is 2.99. The Bertz CT molecular complexity index is 805. The van der Waals surface area contributed by atoms with E-state index >= 15 is 0 Å². The van der Waals surface area contributed by atoms with Crippen LogP contribution in [0.25, 0.3) is 5.65 Å². The van der Waals surface area contributed by atoms with Crippen molar-refractivity contribution >= 4 is 23.2 Å². The average Bonchev–Trinajstić information content (AvgIpc) is 3.00. The van der Waals surface area contributed by atoms with Gasteiger partial charge >= 0.3 is 0 Å². The summed E-state index contributed by atoms with van der Waals surface area (Å²) < 4.78 is 1.65. The van der Waals surface area contributed by atoms with Crippen LogP contribution in [0.3, 0.4) is 0 Å². The molecule has 6 nitrogen and oxygen atoms in total. The van der Waals surface area contributed by atoms with Crippen LogP contribution >= 0.6 is 11.8 Å². The lowest BCUT2D eigenvalue weighted by molar-refractivity contribution is 0.896. The highest BCUT2D eigenvalue weighted by molar-refractivity contribution is 7.98. The number of thioether (sulfide) groups is 1. The normalized spacial score (nSPS) is 10.5. The molecule has 0 aliphatic rings. The minimum atomic E-state index is 0.502. The first kappa shape index (κ1) is 13.4. The van der Waals surface area contributed by atoms with Gasteiger partial charge in [0.2, 0.25) is 0 Å². The fraction of sp³-hybridized carbons (Fsp3) is 0.143. The van der Waals surface area contributed by atoms with Crippen molar-refractivity contribution in [2.45, 2.75) is 11.6 Å². The van der Waals surface area contributed by atoms with Crippen molar-refractivity contribution in [3.63, 3.8) is 0 Å². The fourth-order valence-electron chi connectivity index (χ4n) is 2.02. The Morgan fingerprint density at radius 3 is 3.00 bits per heavy atom. The SMILES string of the molecule is CSc1nc2ccnn2c(NCc2cccnc2)c1C#N. The van der Waals surface area contributed by atoms with Crippen molar-refractivity contribution in [3.8, 4) is 6.07 Å². The van der Waals surface area contributed by atoms with Gasteiger partial charge in [0.15, 0.2) is 11.5 Å². The Balaban J connectivity index is 2.03. The van der Waals surface area contributed by atoms with E-state index in [0.29, 0.717) is 28.6 Å². The molecule has 7 heteroatoms. The molecular formula is C14H12N6S. The lowest BCUT2D eigenvalue weighted by Crippen LogP contribution is -2.09. The lowest BCUT2D eigenvalue weighted by Gasteiger charge is -2.12. The Labute approximate surface area is 125 Å². The molecule has 0 atom stereocenters. The Morgan fingerprint density at radius 1 is 1.38 bits per heavy atom. The number of anilines is 1. The summed E-state index contributed by atoms with van der Waals surface area (Å²) in [4.78, 5) is 8.51. The molecular weight excluding hydrogens is 284 g/mol. The molecule has 0 unspecified atom stereocenters. The Hall–Kier alpha value is -2.59. The largest absolute Gasteiger partial charge is 0.365 e. The average molecular weight is 296 g/mol. The molecule has 0 radical (unpaired) electrons. The van der Waals surface area contributed by atoms with Crippen LogP contribution in [0.2, 0.25) is 0 Å². The zero-order valence-corrected chi connectivity index (χ0v) is 12.1. The highest BCUT2D eigenvalue weighted by Gasteiger charge is 2.15. The molecule has 0 amide bonds. The van der Waals surface area contributed by atoms with Gasteiger partial charge in [0.05, 0.1) is 6.20 Å². The summed E-state index contributed by atoms with van der Waals surface area (Å²) >= 11 is 1.45. The summed E-state index contributed by atoms with van der Waals surface area (Å²) in [6, 6.07) is 7.88. The smallest absolute Gasteiger partial charge is 0.158 e. The number of nitrogens with one attached hydrogen (secondary N) is 1. The molecule has 3 aromatic heterocycles. The molecule has 0 spiro atoms. The molecule has 21 heavy (non-hydrogen) atoms. The summed E-state index contributed by atoms with van der Waals surface area (Å²) in [6.45, 7) is 0.565. The summed E-state index contributed by atoms with van der Waals surface area (Å²) in [7, 11) is 0. The van der Waals surface area contributed by atoms with E-state index in [1.165, 1.54) is 11.8 Å². The van der Waals surface area contributed by atoms with Gasteiger partial charge in [-0.1, -0.05) is 6.07 Å². The number of fused-ring (bicyclic) bond motifs is 1. The van der Waals surface area contributed by atoms with Gasteiger partial charge in [-0.3, -0.25) is 4.98 Å². The highest BCUT2D eigenvalue weighted by Crippen LogP contribution is 2.26. The topological polar surface area (TPSA) is 78.9 Å². The second-order valence-electron chi connectivity index (χ2n) is 4.27. The van der Waals surface area contributed by atoms with Crippen molar-refractivity contribution < 1.29 is 0 Å². The number of nitriles is 1. The maximum atomic E-state index is 9.43. The number of pyridine rings is 1. The van der Waals surface area contributed by atoms with Gasteiger partial charge < -0.3 is 5.32 Å². The number of nitrogens with zero attached hydrogens (tertiary/aromatic N) is 5. The number of aromatic nitrogens is 4. The van der Waals surface area contributed by atoms with Gasteiger partial charge in [0, 0.05) is 25.0 Å². The van der Waals surface area contributed by atoms with Crippen molar-refractivity contribution in [1.82, 2.24) is 19.6 Å². The second-order valence-corrected chi connectivity index (χ2v) is 5.07. The third-order valence-corrected chi connectivity index (χ3v) is 3.67. The van der Waals surface area contributed by atoms with Crippen LogP contribution < -0.4 is 5.32 Å². The van der Waals surface area contributed by atoms with Gasteiger partial charge in [0.25, 0.3) is 0 Å². The third kappa shape index (κ3) is 2.53. The maximum absolute atomic E-state index is 9.43. The Morgan fingerprint density at radius 2 is 2.29 bits per heavy atom. The van der Waals surface area contributed by atoms with E-state index in [1.807, 2.05) is 24.5 Å². The first-order valence-corrected chi connectivity index (χ1v) is 7.50. The van der Waals surface area contributed by atoms with Crippen molar-refractivity contribution in [2.75, 3.05) is 11.6 Å². The highest BCUT2D eigenvalue weighted by atomic mass is 32.2. The zero-order chi connectivity index (χ0) is 14.7. The molecule has 0 aliphatic heterocycles. The van der Waals surface area contributed by atoms with E-state index in [9.17, 15) is 5.26 Å². The predicted molar refractivity (Wildman–Crippen MR) is 81.0 cm³/mol. The molecule has 0 saturated carbocycles. The van der Waals surface area contributed by atoms with E-state index in [2.05, 4.69) is 26.5 Å². The van der Waals surface area contributed by atoms with Crippen LogP contribution in [-0.2, 0) is 6.54 Å². The summed E-state index contributed by atoms with van der Waals surface area (Å²) in [6.07, 6.45) is 7.09. The standard InChI is InChI=1S/C14H12N6S/c1-21-14-11(7-15)13(20-12(19-14)4-6-18-20)17-9-10-3-2-5-16-8-10/h2-6,8,17H,9H2,1H3. The molecule has 0 aromatic carbocycles. The maximum Gasteiger partial charge on any atom is 0.158 e. The Kier molecular flexibility index (Phi) is 3.71. The molecule has 3 heterocycles. The second kappa shape index (κ2) is 5.81. The molecule has 1 N–H and O–H groups in total. The number of hydrogen-bond donors (Lipinski definition) is 1. The van der Waals surface area contributed by atoms with E-state index in [-0.39, 0.29) is 0 Å². The molecule has 0 saturated heterocycles. The fourth-order valence-corrected chi connectivity index (χ4v) is 2.55. The number of rotatable bonds is 4. The minimum Gasteiger partial charge on any atom is -0.365 e. The summed E-state index contributed by atoms with van der Waals surface area (Å²) in [5.74, 6) is 0.653. The first-order chi connectivity index (χ1) is 10.3. The molecule has 3 rings (SSSR count). The van der Waals surface area contributed by atoms with E-state index in [4.69, 9.17) is 0 Å². The quantitative estimate of drug-likeness (QED) is 0.588. The molecule has 0 aliphatic carbocycles. The number of hydrogen-bond acceptors (Lipinski definition) is 6. The van der Waals surface area contributed by atoms with Crippen LogP contribution in [0.1, 0.15) is 11.1 Å². The van der Waals surface area contributed by atoms with Gasteiger partial charge in [-0.25, -0.2) is 4.98 Å². The lowest BCUT2D eigenvalue weighted by atomic mass is 10.2. The van der Waals surface area contributed by atoms with Crippen molar-refractivity contribution in [1.29, 1.82) is 5.26 Å². The molecule has 104 valence electrons. The van der Waals surface area contributed by atoms with E-state index in [1.54, 1.807) is 23.1 Å². The van der Waals surface area contributed by atoms with E-state index in [0.717, 1.165) is 5.56 Å². The molecule has 0 fully saturated rings. The van der Waals surface area contributed by atoms with Crippen LogP contribution in [0.4, 0.5) is 5.82 Å². The van der Waals surface area contributed by atoms with Gasteiger partial charge in [-0.05, 0) is 17.9 Å². The minimum absolute atomic E-state index is 0.502. The van der Waals surface area contributed by atoms with Gasteiger partial charge in [0.1, 0.15) is 16.7 Å². The monoisotopic (exact) mass is 296 g/mol. The van der Waals surface area contributed by atoms with E-state index < -0.39 is 0 Å². The first-order valence-electron chi connectivity index (χ1n) is 6.28. The summed E-state index contributed by atoms with van der Waals surface area (Å²) in [5, 5.41) is 17.6. The van der Waals surface area contributed by atoms with Crippen LogP contribution in [0.5, 0.6) is 0 Å². The van der Waals surface area contributed by atoms with Crippen LogP contribution in [0, 0.1) is 11.3 Å². The van der Waals surface area contributed by atoms with Gasteiger partial charge in [-0.2, -0.15) is 14.9 Å². The van der Waals surface area contributed by atoms with Crippen LogP contribution in [0.15, 0.2) is 41.8 Å². The molecule has 3 aromatic rings. The van der Waals surface area contributed by atoms with Crippen LogP contribution in [-0.4, -0.2) is 25.8 Å². The zero-order valence-electron chi connectivity index (χ0n) is 11.3.